The first-order chi connectivity index (χ1) is 18.7. The zero-order chi connectivity index (χ0) is 27.3. The Bertz CT molecular complexity index is 2000. The number of halogens is 1. The van der Waals surface area contributed by atoms with Crippen LogP contribution in [0.15, 0.2) is 88.2 Å². The number of aryl methyl sites for hydroxylation is 1. The van der Waals surface area contributed by atoms with Gasteiger partial charge in [-0.25, -0.2) is 9.97 Å². The van der Waals surface area contributed by atoms with Crippen LogP contribution in [0.1, 0.15) is 21.5 Å². The summed E-state index contributed by atoms with van der Waals surface area (Å²) in [6.45, 7) is 1.65. The van der Waals surface area contributed by atoms with Crippen LogP contribution in [-0.2, 0) is 16.5 Å². The summed E-state index contributed by atoms with van der Waals surface area (Å²) in [7, 11) is -4.37. The van der Waals surface area contributed by atoms with Crippen LogP contribution < -0.4 is 0 Å². The fraction of sp³-hybridized carbons (Fsp3) is 0.0690. The van der Waals surface area contributed by atoms with Crippen molar-refractivity contribution in [1.29, 1.82) is 0 Å². The molecule has 2 heterocycles. The number of benzene rings is 4. The highest BCUT2D eigenvalue weighted by Gasteiger charge is 2.21. The first-order valence-corrected chi connectivity index (χ1v) is 15.7. The fourth-order valence-corrected chi connectivity index (χ4v) is 7.96. The van der Waals surface area contributed by atoms with Crippen molar-refractivity contribution in [2.24, 2.45) is 0 Å². The Morgan fingerprint density at radius 3 is 2.21 bits per heavy atom. The largest absolute Gasteiger partial charge is 0.296 e. The van der Waals surface area contributed by atoms with Crippen molar-refractivity contribution in [2.75, 3.05) is 0 Å². The molecule has 0 saturated heterocycles. The smallest absolute Gasteiger partial charge is 0.294 e. The molecule has 6 aromatic rings. The van der Waals surface area contributed by atoms with E-state index < -0.39 is 10.1 Å². The van der Waals surface area contributed by atoms with E-state index in [0.29, 0.717) is 32.8 Å². The summed E-state index contributed by atoms with van der Waals surface area (Å²) in [5.41, 5.74) is 5.28. The molecule has 194 valence electrons. The minimum atomic E-state index is -4.37. The van der Waals surface area contributed by atoms with Crippen LogP contribution in [0.5, 0.6) is 0 Å². The molecular weight excluding hydrogens is 616 g/mol. The summed E-state index contributed by atoms with van der Waals surface area (Å²) in [5.74, 6) is 0.0662. The lowest BCUT2D eigenvalue weighted by molar-refractivity contribution is 0.0993. The second-order valence-corrected chi connectivity index (χ2v) is 13.4. The lowest BCUT2D eigenvalue weighted by Crippen LogP contribution is -2.03. The predicted molar refractivity (Wildman–Crippen MR) is 160 cm³/mol. The molecule has 0 bridgehead atoms. The minimum absolute atomic E-state index is 0.0662. The molecular formula is C29H19BrN2O4S3. The van der Waals surface area contributed by atoms with Crippen molar-refractivity contribution in [3.8, 4) is 21.1 Å². The lowest BCUT2D eigenvalue weighted by atomic mass is 10.0. The highest BCUT2D eigenvalue weighted by atomic mass is 79.9. The molecule has 0 aliphatic heterocycles. The van der Waals surface area contributed by atoms with Crippen LogP contribution in [0.2, 0.25) is 0 Å². The number of ketones is 1. The van der Waals surface area contributed by atoms with Crippen LogP contribution in [0.25, 0.3) is 41.6 Å². The van der Waals surface area contributed by atoms with Gasteiger partial charge < -0.3 is 0 Å². The number of hydrogen-bond acceptors (Lipinski definition) is 7. The van der Waals surface area contributed by atoms with Gasteiger partial charge >= 0.3 is 0 Å². The van der Waals surface area contributed by atoms with E-state index in [4.69, 9.17) is 4.98 Å². The molecule has 0 fully saturated rings. The number of hydrogen-bond donors (Lipinski definition) is 1. The number of rotatable bonds is 6. The molecule has 6 nitrogen and oxygen atoms in total. The molecule has 39 heavy (non-hydrogen) atoms. The topological polar surface area (TPSA) is 97.2 Å². The number of carbonyl (C=O) groups is 1. The summed E-state index contributed by atoms with van der Waals surface area (Å²) in [4.78, 5) is 21.9. The maximum Gasteiger partial charge on any atom is 0.296 e. The van der Waals surface area contributed by atoms with Gasteiger partial charge in [0, 0.05) is 27.6 Å². The third-order valence-electron chi connectivity index (χ3n) is 6.33. The SMILES string of the molecule is Cc1ccc2nc(-c3ccc4nc(-c5ccc(CC(=O)c6ccc(Br)cc6)cc5)sc4c3)sc2c1S(=O)(=O)O. The Morgan fingerprint density at radius 1 is 0.846 bits per heavy atom. The normalized spacial score (nSPS) is 11.9. The van der Waals surface area contributed by atoms with Crippen molar-refractivity contribution in [3.63, 3.8) is 0 Å². The number of Topliss-reactive ketones (excluding diaryl/α,β-unsaturated/α-hetero) is 1. The van der Waals surface area contributed by atoms with Crippen LogP contribution in [-0.4, -0.2) is 28.7 Å². The highest BCUT2D eigenvalue weighted by Crippen LogP contribution is 2.38. The summed E-state index contributed by atoms with van der Waals surface area (Å²) >= 11 is 6.18. The molecule has 0 spiro atoms. The van der Waals surface area contributed by atoms with E-state index in [1.54, 1.807) is 30.4 Å². The Kier molecular flexibility index (Phi) is 6.68. The minimum Gasteiger partial charge on any atom is -0.294 e. The van der Waals surface area contributed by atoms with E-state index in [9.17, 15) is 17.8 Å². The summed E-state index contributed by atoms with van der Waals surface area (Å²) in [5, 5.41) is 1.53. The second kappa shape index (κ2) is 10.0. The van der Waals surface area contributed by atoms with Gasteiger partial charge in [0.15, 0.2) is 5.78 Å². The molecule has 0 aliphatic rings. The monoisotopic (exact) mass is 634 g/mol. The summed E-state index contributed by atoms with van der Waals surface area (Å²) < 4.78 is 36.1. The van der Waals surface area contributed by atoms with Crippen LogP contribution >= 0.6 is 38.6 Å². The van der Waals surface area contributed by atoms with E-state index >= 15 is 0 Å². The average molecular weight is 636 g/mol. The molecule has 2 aromatic heterocycles. The molecule has 0 radical (unpaired) electrons. The van der Waals surface area contributed by atoms with E-state index in [2.05, 4.69) is 20.9 Å². The third kappa shape index (κ3) is 5.18. The quantitative estimate of drug-likeness (QED) is 0.147. The zero-order valence-electron chi connectivity index (χ0n) is 20.4. The number of aromatic nitrogens is 2. The fourth-order valence-electron chi connectivity index (χ4n) is 4.38. The highest BCUT2D eigenvalue weighted by molar-refractivity contribution is 9.10. The molecule has 0 amide bonds. The molecule has 0 aliphatic carbocycles. The molecule has 4 aromatic carbocycles. The van der Waals surface area contributed by atoms with Gasteiger partial charge in [-0.2, -0.15) is 8.42 Å². The van der Waals surface area contributed by atoms with E-state index in [1.807, 2.05) is 66.7 Å². The number of carbonyl (C=O) groups excluding carboxylic acids is 1. The predicted octanol–water partition coefficient (Wildman–Crippen LogP) is 7.98. The van der Waals surface area contributed by atoms with Crippen LogP contribution in [0.3, 0.4) is 0 Å². The van der Waals surface area contributed by atoms with Crippen molar-refractivity contribution in [3.05, 3.63) is 100 Å². The first-order valence-electron chi connectivity index (χ1n) is 11.8. The second-order valence-electron chi connectivity index (χ2n) is 9.06. The van der Waals surface area contributed by atoms with Gasteiger partial charge in [-0.1, -0.05) is 58.4 Å². The van der Waals surface area contributed by atoms with Crippen molar-refractivity contribution in [1.82, 2.24) is 9.97 Å². The van der Waals surface area contributed by atoms with Gasteiger partial charge in [-0.3, -0.25) is 9.35 Å². The standard InChI is InChI=1S/C29H19BrN2O4S3/c1-16-2-12-23-26(27(16)39(34,35)36)38-29(32-23)20-9-13-22-25(15-20)37-28(31-22)19-5-3-17(4-6-19)14-24(33)18-7-10-21(30)11-8-18/h2-13,15H,14H2,1H3,(H,34,35,36). The maximum absolute atomic E-state index is 12.6. The van der Waals surface area contributed by atoms with Gasteiger partial charge in [0.1, 0.15) is 14.9 Å². The van der Waals surface area contributed by atoms with Crippen molar-refractivity contribution in [2.45, 2.75) is 18.2 Å². The Hall–Kier alpha value is -3.28. The Morgan fingerprint density at radius 2 is 1.49 bits per heavy atom. The average Bonchev–Trinajstić information content (AvgIpc) is 3.52. The van der Waals surface area contributed by atoms with E-state index in [-0.39, 0.29) is 10.7 Å². The lowest BCUT2D eigenvalue weighted by Gasteiger charge is -2.03. The summed E-state index contributed by atoms with van der Waals surface area (Å²) in [6.07, 6.45) is 0.326. The molecule has 10 heteroatoms. The maximum atomic E-state index is 12.6. The first kappa shape index (κ1) is 26.0. The molecule has 0 unspecified atom stereocenters. The molecule has 0 atom stereocenters. The molecule has 0 saturated carbocycles. The number of fused-ring (bicyclic) bond motifs is 2. The molecule has 1 N–H and O–H groups in total. The number of thiazole rings is 2. The van der Waals surface area contributed by atoms with Gasteiger partial charge in [-0.15, -0.1) is 22.7 Å². The van der Waals surface area contributed by atoms with Crippen molar-refractivity contribution < 1.29 is 17.8 Å². The third-order valence-corrected chi connectivity index (χ3v) is 10.2. The van der Waals surface area contributed by atoms with Crippen LogP contribution in [0, 0.1) is 6.92 Å². The summed E-state index contributed by atoms with van der Waals surface area (Å²) in [6, 6.07) is 24.5. The zero-order valence-corrected chi connectivity index (χ0v) is 24.4. The van der Waals surface area contributed by atoms with Gasteiger partial charge in [0.25, 0.3) is 10.1 Å². The van der Waals surface area contributed by atoms with Gasteiger partial charge in [0.05, 0.1) is 20.4 Å². The van der Waals surface area contributed by atoms with Gasteiger partial charge in [0.2, 0.25) is 0 Å². The van der Waals surface area contributed by atoms with E-state index in [1.165, 1.54) is 11.3 Å². The molecule has 6 rings (SSSR count). The van der Waals surface area contributed by atoms with Crippen molar-refractivity contribution >= 4 is 74.9 Å². The van der Waals surface area contributed by atoms with Crippen LogP contribution in [0.4, 0.5) is 0 Å². The Labute approximate surface area is 240 Å². The van der Waals surface area contributed by atoms with Gasteiger partial charge in [-0.05, 0) is 54.4 Å². The Balaban J connectivity index is 1.27. The number of nitrogens with zero attached hydrogens (tertiary/aromatic N) is 2. The van der Waals surface area contributed by atoms with E-state index in [0.717, 1.165) is 36.4 Å².